The number of hydrogen-bond donors (Lipinski definition) is 3. The fourth-order valence-electron chi connectivity index (χ4n) is 15.6. The third-order valence-corrected chi connectivity index (χ3v) is 28.0. The Kier molecular flexibility index (Phi) is 28.6. The number of methoxy groups -OCH3 is 1. The Morgan fingerprint density at radius 3 is 0.972 bits per heavy atom. The van der Waals surface area contributed by atoms with Gasteiger partial charge >= 0.3 is 0 Å². The average Bonchev–Trinajstić information content (AvgIpc) is 0.780. The third kappa shape index (κ3) is 22.8. The summed E-state index contributed by atoms with van der Waals surface area (Å²) in [6, 6.07) is 42.2. The van der Waals surface area contributed by atoms with Gasteiger partial charge in [-0.1, -0.05) is 54.6 Å². The molecule has 0 aromatic heterocycles. The van der Waals surface area contributed by atoms with Crippen LogP contribution in [-0.4, -0.2) is 210 Å². The third-order valence-electron chi connectivity index (χ3n) is 21.0. The van der Waals surface area contributed by atoms with Gasteiger partial charge in [-0.2, -0.15) is 0 Å². The van der Waals surface area contributed by atoms with Gasteiger partial charge < -0.3 is 33.6 Å². The lowest BCUT2D eigenvalue weighted by molar-refractivity contribution is 0.139. The van der Waals surface area contributed by atoms with Crippen LogP contribution in [0.1, 0.15) is 124 Å². The molecule has 6 aromatic rings. The molecule has 107 heavy (non-hydrogen) atoms. The summed E-state index contributed by atoms with van der Waals surface area (Å²) in [5, 5.41) is 0. The second-order valence-corrected chi connectivity index (χ2v) is 39.0. The molecule has 3 aliphatic heterocycles. The molecule has 6 aromatic carbocycles. The highest BCUT2D eigenvalue weighted by molar-refractivity contribution is 7.93. The lowest BCUT2D eigenvalue weighted by Gasteiger charge is -2.43. The molecule has 28 heteroatoms. The quantitative estimate of drug-likeness (QED) is 0.0508. The first-order valence-electron chi connectivity index (χ1n) is 37.9. The zero-order chi connectivity index (χ0) is 76.8. The molecule has 3 aliphatic carbocycles. The molecule has 588 valence electrons. The zero-order valence-corrected chi connectivity index (χ0v) is 68.0. The van der Waals surface area contributed by atoms with Crippen molar-refractivity contribution >= 4 is 66.8 Å². The van der Waals surface area contributed by atoms with E-state index in [1.54, 1.807) is 18.2 Å². The summed E-state index contributed by atoms with van der Waals surface area (Å²) in [7, 11) is -16.8. The van der Waals surface area contributed by atoms with E-state index in [4.69, 9.17) is 18.9 Å². The monoisotopic (exact) mass is 1570 g/mol. The van der Waals surface area contributed by atoms with Crippen LogP contribution in [0.5, 0.6) is 23.0 Å². The molecule has 0 bridgehead atoms. The van der Waals surface area contributed by atoms with E-state index in [-0.39, 0.29) is 60.9 Å². The maximum absolute atomic E-state index is 13.1. The minimum atomic E-state index is -3.93. The Morgan fingerprint density at radius 1 is 0.336 bits per heavy atom. The van der Waals surface area contributed by atoms with E-state index in [0.29, 0.717) is 23.9 Å². The van der Waals surface area contributed by atoms with Gasteiger partial charge in [-0.3, -0.25) is 14.7 Å². The SMILES string of the molecule is CC(C)Oc1ccccc1N1CCN(C2CCC(NS(=O)(=O)c3ccc(S(C)(=O)=O)cc3)CC2)CC1.CC(C)Oc1ccccc1N1CCN(C2CCC(NS(=O)(=O)c3ccccc3S(C)(=O)=O)CC2)CC1.COc1ccc(C)cc1S(=O)(=O)NC1CCC(N2CCN(c3ccccc3OC(C)C)CC2)CC1. The minimum absolute atomic E-state index is 0.0391. The molecule has 0 spiro atoms. The minimum Gasteiger partial charge on any atom is -0.495 e. The van der Waals surface area contributed by atoms with Crippen LogP contribution in [0.4, 0.5) is 17.1 Å². The van der Waals surface area contributed by atoms with E-state index in [1.807, 2.05) is 77.1 Å². The van der Waals surface area contributed by atoms with Crippen LogP contribution in [0.2, 0.25) is 0 Å². The van der Waals surface area contributed by atoms with Gasteiger partial charge in [-0.05, 0) is 216 Å². The summed E-state index contributed by atoms with van der Waals surface area (Å²) in [6.45, 7) is 25.7. The van der Waals surface area contributed by atoms with Gasteiger partial charge in [0, 0.05) is 127 Å². The van der Waals surface area contributed by atoms with Gasteiger partial charge in [-0.15, -0.1) is 0 Å². The number of aryl methyl sites for hydroxylation is 1. The molecule has 0 radical (unpaired) electrons. The van der Waals surface area contributed by atoms with Gasteiger partial charge in [0.15, 0.2) is 19.7 Å². The Labute approximate surface area is 638 Å². The van der Waals surface area contributed by atoms with Crippen LogP contribution in [0, 0.1) is 6.92 Å². The molecule has 23 nitrogen and oxygen atoms in total. The molecule has 0 unspecified atom stereocenters. The first-order chi connectivity index (χ1) is 50.8. The lowest BCUT2D eigenvalue weighted by Crippen LogP contribution is -2.52. The van der Waals surface area contributed by atoms with Crippen LogP contribution in [0.3, 0.4) is 0 Å². The molecule has 0 amide bonds. The summed E-state index contributed by atoms with van der Waals surface area (Å²) in [5.41, 5.74) is 4.35. The highest BCUT2D eigenvalue weighted by Crippen LogP contribution is 2.37. The predicted octanol–water partition coefficient (Wildman–Crippen LogP) is 10.8. The normalized spacial score (nSPS) is 22.0. The summed E-state index contributed by atoms with van der Waals surface area (Å²) in [4.78, 5) is 14.9. The molecule has 3 heterocycles. The standard InChI is InChI=1S/C27H39N3O4S.2C26H37N3O5S2/c1-20(2)34-25-8-6-5-7-24(25)30-17-15-29(16-18-30)23-12-10-22(11-13-23)28-35(31,32)27-19-21(3)9-14-26(27)33-4;1-20(2)34-24-9-5-4-8-23(24)29-18-16-28(17-19-29)22-14-12-21(13-15-22)27-36(32,33)26-11-7-6-10-25(26)35(3,30)31;1-20(2)34-26-7-5-4-6-25(26)29-18-16-28(17-19-29)22-10-8-21(9-11-22)27-36(32,33)24-14-12-23(13-15-24)35(3,30)31/h5-9,14,19-20,22-23,28H,10-13,15-18H2,1-4H3;4-11,20-22,27H,12-19H2,1-3H3;4-7,12-15,20-22,27H,8-11,16-19H2,1-3H3. The molecule has 12 rings (SSSR count). The highest BCUT2D eigenvalue weighted by Gasteiger charge is 2.36. The average molecular weight is 1570 g/mol. The van der Waals surface area contributed by atoms with E-state index in [2.05, 4.69) is 93.8 Å². The van der Waals surface area contributed by atoms with Crippen molar-refractivity contribution in [2.75, 3.05) is 113 Å². The summed E-state index contributed by atoms with van der Waals surface area (Å²) >= 11 is 0. The van der Waals surface area contributed by atoms with E-state index in [1.165, 1.54) is 55.3 Å². The maximum Gasteiger partial charge on any atom is 0.244 e. The summed E-state index contributed by atoms with van der Waals surface area (Å²) < 4.78 is 157. The second kappa shape index (κ2) is 37.0. The number of benzene rings is 6. The number of nitrogens with one attached hydrogen (secondary N) is 3. The first kappa shape index (κ1) is 82.9. The first-order valence-corrected chi connectivity index (χ1v) is 46.1. The van der Waals surface area contributed by atoms with Crippen LogP contribution in [0.15, 0.2) is 164 Å². The molecule has 3 saturated carbocycles. The highest BCUT2D eigenvalue weighted by atomic mass is 32.2. The van der Waals surface area contributed by atoms with Crippen molar-refractivity contribution < 1.29 is 61.0 Å². The maximum atomic E-state index is 13.1. The van der Waals surface area contributed by atoms with E-state index >= 15 is 0 Å². The number of piperazine rings is 3. The number of hydrogen-bond acceptors (Lipinski definition) is 20. The molecule has 3 N–H and O–H groups in total. The summed E-state index contributed by atoms with van der Waals surface area (Å²) in [5.74, 6) is 3.19. The number of rotatable bonds is 24. The number of para-hydroxylation sites is 6. The number of anilines is 3. The number of ether oxygens (including phenoxy) is 4. The molecule has 6 fully saturated rings. The van der Waals surface area contributed by atoms with Crippen molar-refractivity contribution in [2.24, 2.45) is 0 Å². The van der Waals surface area contributed by atoms with Gasteiger partial charge in [0.1, 0.15) is 32.8 Å². The van der Waals surface area contributed by atoms with Gasteiger partial charge in [0.2, 0.25) is 30.1 Å². The zero-order valence-electron chi connectivity index (χ0n) is 63.9. The van der Waals surface area contributed by atoms with Crippen molar-refractivity contribution in [2.45, 2.75) is 205 Å². The Hall–Kier alpha value is -6.57. The van der Waals surface area contributed by atoms with E-state index in [0.717, 1.165) is 202 Å². The topological polar surface area (TPSA) is 263 Å². The molecule has 6 aliphatic rings. The van der Waals surface area contributed by atoms with Crippen LogP contribution >= 0.6 is 0 Å². The van der Waals surface area contributed by atoms with Crippen molar-refractivity contribution in [3.63, 3.8) is 0 Å². The van der Waals surface area contributed by atoms with Gasteiger partial charge in [0.25, 0.3) is 0 Å². The number of nitrogens with zero attached hydrogens (tertiary/aromatic N) is 6. The van der Waals surface area contributed by atoms with Crippen LogP contribution in [-0.2, 0) is 49.7 Å². The molecule has 0 atom stereocenters. The fraction of sp³-hybridized carbons (Fsp3) is 0.544. The van der Waals surface area contributed by atoms with E-state index < -0.39 is 49.7 Å². The van der Waals surface area contributed by atoms with Crippen molar-refractivity contribution in [3.8, 4) is 23.0 Å². The Morgan fingerprint density at radius 2 is 0.645 bits per heavy atom. The van der Waals surface area contributed by atoms with Gasteiger partial charge in [0.05, 0.1) is 57.2 Å². The largest absolute Gasteiger partial charge is 0.495 e. The molecular weight excluding hydrogens is 1460 g/mol. The summed E-state index contributed by atoms with van der Waals surface area (Å²) in [6.07, 6.45) is 13.0. The smallest absolute Gasteiger partial charge is 0.244 e. The predicted molar refractivity (Wildman–Crippen MR) is 424 cm³/mol. The number of sulfonamides is 3. The number of sulfone groups is 2. The Balaban J connectivity index is 0.000000172. The van der Waals surface area contributed by atoms with Crippen LogP contribution in [0.25, 0.3) is 0 Å². The second-order valence-electron chi connectivity index (χ2n) is 30.0. The fourth-order valence-corrected chi connectivity index (χ4v) is 22.0. The Bertz CT molecular complexity index is 4470. The molecular formula is C79H113N9O14S5. The van der Waals surface area contributed by atoms with Crippen molar-refractivity contribution in [3.05, 3.63) is 145 Å². The van der Waals surface area contributed by atoms with Crippen molar-refractivity contribution in [1.82, 2.24) is 28.9 Å². The van der Waals surface area contributed by atoms with Gasteiger partial charge in [-0.25, -0.2) is 56.3 Å². The van der Waals surface area contributed by atoms with Crippen molar-refractivity contribution in [1.29, 1.82) is 0 Å². The lowest BCUT2D eigenvalue weighted by atomic mass is 9.90. The van der Waals surface area contributed by atoms with E-state index in [9.17, 15) is 42.1 Å². The molecule has 3 saturated heterocycles. The van der Waals surface area contributed by atoms with Crippen LogP contribution < -0.4 is 47.8 Å².